The summed E-state index contributed by atoms with van der Waals surface area (Å²) < 4.78 is 7.43. The van der Waals surface area contributed by atoms with Gasteiger partial charge in [0.1, 0.15) is 17.6 Å². The zero-order valence-corrected chi connectivity index (χ0v) is 20.4. The number of aryl methyl sites for hydroxylation is 1. The molecule has 0 saturated heterocycles. The molecule has 6 aromatic rings. The van der Waals surface area contributed by atoms with Gasteiger partial charge >= 0.3 is 0 Å². The third-order valence-corrected chi connectivity index (χ3v) is 6.58. The van der Waals surface area contributed by atoms with Crippen molar-refractivity contribution in [3.63, 3.8) is 0 Å². The maximum Gasteiger partial charge on any atom is 0.162 e. The number of para-hydroxylation sites is 1. The lowest BCUT2D eigenvalue weighted by atomic mass is 10.1. The molecule has 0 amide bonds. The van der Waals surface area contributed by atoms with Crippen LogP contribution in [0.1, 0.15) is 5.56 Å². The summed E-state index contributed by atoms with van der Waals surface area (Å²) in [6.45, 7) is 0. The molecule has 0 saturated carbocycles. The predicted molar refractivity (Wildman–Crippen MR) is 148 cm³/mol. The number of nitrogens with zero attached hydrogens (tertiary/aromatic N) is 4. The van der Waals surface area contributed by atoms with Crippen molar-refractivity contribution in [1.29, 1.82) is 5.26 Å². The minimum Gasteiger partial charge on any atom is -0.497 e. The summed E-state index contributed by atoms with van der Waals surface area (Å²) in [5.74, 6) is 2.17. The highest BCUT2D eigenvalue weighted by atomic mass is 16.5. The fourth-order valence-corrected chi connectivity index (χ4v) is 4.73. The number of rotatable bonds is 5. The summed E-state index contributed by atoms with van der Waals surface area (Å²) in [6, 6.07) is 34.2. The van der Waals surface area contributed by atoms with Crippen molar-refractivity contribution in [1.82, 2.24) is 14.5 Å². The normalized spacial score (nSPS) is 10.9. The Morgan fingerprint density at radius 1 is 0.811 bits per heavy atom. The van der Waals surface area contributed by atoms with Gasteiger partial charge in [-0.15, -0.1) is 0 Å². The molecule has 6 nitrogen and oxygen atoms in total. The van der Waals surface area contributed by atoms with E-state index in [1.54, 1.807) is 7.11 Å². The number of ether oxygens (including phenoxy) is 1. The number of nitriles is 1. The lowest BCUT2D eigenvalue weighted by Gasteiger charge is -2.12. The van der Waals surface area contributed by atoms with Gasteiger partial charge in [0, 0.05) is 35.1 Å². The first-order chi connectivity index (χ1) is 18.2. The summed E-state index contributed by atoms with van der Waals surface area (Å²) in [6.07, 6.45) is 0. The lowest BCUT2D eigenvalue weighted by molar-refractivity contribution is 0.415. The molecule has 0 aliphatic rings. The lowest BCUT2D eigenvalue weighted by Crippen LogP contribution is -1.99. The predicted octanol–water partition coefficient (Wildman–Crippen LogP) is 7.08. The van der Waals surface area contributed by atoms with E-state index in [1.165, 1.54) is 0 Å². The van der Waals surface area contributed by atoms with E-state index in [2.05, 4.69) is 11.4 Å². The summed E-state index contributed by atoms with van der Waals surface area (Å²) in [7, 11) is 3.62. The number of hydrogen-bond acceptors (Lipinski definition) is 5. The highest BCUT2D eigenvalue weighted by Crippen LogP contribution is 2.35. The SMILES string of the molecule is COc1ccc2c(C#N)c(-c3ccc(Nc4nc(-c5ccccc5)nc5ccccc45)cc3)n(C)c2c1. The first kappa shape index (κ1) is 22.3. The smallest absolute Gasteiger partial charge is 0.162 e. The van der Waals surface area contributed by atoms with Crippen LogP contribution in [0.2, 0.25) is 0 Å². The highest BCUT2D eigenvalue weighted by molar-refractivity contribution is 5.96. The van der Waals surface area contributed by atoms with Crippen molar-refractivity contribution in [2.75, 3.05) is 12.4 Å². The van der Waals surface area contributed by atoms with E-state index in [-0.39, 0.29) is 0 Å². The van der Waals surface area contributed by atoms with Crippen LogP contribution in [0.5, 0.6) is 5.75 Å². The van der Waals surface area contributed by atoms with E-state index < -0.39 is 0 Å². The number of anilines is 2. The van der Waals surface area contributed by atoms with Crippen molar-refractivity contribution < 1.29 is 4.74 Å². The van der Waals surface area contributed by atoms with Gasteiger partial charge in [0.25, 0.3) is 0 Å². The molecule has 0 atom stereocenters. The number of benzene rings is 4. The van der Waals surface area contributed by atoms with Gasteiger partial charge in [-0.3, -0.25) is 0 Å². The molecule has 0 radical (unpaired) electrons. The number of hydrogen-bond donors (Lipinski definition) is 1. The molecule has 178 valence electrons. The Balaban J connectivity index is 1.39. The molecule has 0 fully saturated rings. The average molecular weight is 482 g/mol. The Morgan fingerprint density at radius 3 is 2.32 bits per heavy atom. The Hall–Kier alpha value is -5.15. The van der Waals surface area contributed by atoms with Crippen LogP contribution in [-0.4, -0.2) is 21.6 Å². The van der Waals surface area contributed by atoms with Gasteiger partial charge in [0.15, 0.2) is 5.82 Å². The first-order valence-corrected chi connectivity index (χ1v) is 11.9. The molecule has 2 aromatic heterocycles. The fourth-order valence-electron chi connectivity index (χ4n) is 4.73. The number of nitrogens with one attached hydrogen (secondary N) is 1. The quantitative estimate of drug-likeness (QED) is 0.285. The van der Waals surface area contributed by atoms with E-state index in [4.69, 9.17) is 14.7 Å². The minimum atomic E-state index is 0.648. The number of methoxy groups -OCH3 is 1. The van der Waals surface area contributed by atoms with E-state index in [0.29, 0.717) is 11.4 Å². The van der Waals surface area contributed by atoms with E-state index in [9.17, 15) is 5.26 Å². The monoisotopic (exact) mass is 481 g/mol. The Kier molecular flexibility index (Phi) is 5.51. The maximum absolute atomic E-state index is 9.97. The molecule has 0 bridgehead atoms. The second-order valence-electron chi connectivity index (χ2n) is 8.76. The number of aromatic nitrogens is 3. The standard InChI is InChI=1S/C31H23N5O/c1-36-28-18-23(37-2)16-17-24(28)26(19-32)29(36)20-12-14-22(15-13-20)33-31-25-10-6-7-11-27(25)34-30(35-31)21-8-4-3-5-9-21/h3-18H,1-2H3,(H,33,34,35). The first-order valence-electron chi connectivity index (χ1n) is 11.9. The molecule has 4 aromatic carbocycles. The van der Waals surface area contributed by atoms with Crippen LogP contribution in [0.3, 0.4) is 0 Å². The van der Waals surface area contributed by atoms with Crippen molar-refractivity contribution in [2.24, 2.45) is 7.05 Å². The molecular weight excluding hydrogens is 458 g/mol. The second-order valence-corrected chi connectivity index (χ2v) is 8.76. The molecule has 6 heteroatoms. The van der Waals surface area contributed by atoms with Gasteiger partial charge < -0.3 is 14.6 Å². The van der Waals surface area contributed by atoms with Crippen LogP contribution in [0.25, 0.3) is 44.5 Å². The summed E-state index contributed by atoms with van der Waals surface area (Å²) in [5.41, 5.74) is 6.16. The van der Waals surface area contributed by atoms with E-state index in [0.717, 1.165) is 55.9 Å². The molecule has 2 heterocycles. The molecule has 0 aliphatic heterocycles. The molecule has 0 aliphatic carbocycles. The molecular formula is C31H23N5O. The topological polar surface area (TPSA) is 75.8 Å². The molecule has 0 unspecified atom stereocenters. The largest absolute Gasteiger partial charge is 0.497 e. The van der Waals surface area contributed by atoms with Crippen LogP contribution in [-0.2, 0) is 7.05 Å². The maximum atomic E-state index is 9.97. The third-order valence-electron chi connectivity index (χ3n) is 6.58. The zero-order chi connectivity index (χ0) is 25.4. The van der Waals surface area contributed by atoms with Gasteiger partial charge in [-0.2, -0.15) is 5.26 Å². The van der Waals surface area contributed by atoms with Gasteiger partial charge in [-0.1, -0.05) is 54.6 Å². The Bertz CT molecular complexity index is 1800. The summed E-state index contributed by atoms with van der Waals surface area (Å²) in [4.78, 5) is 9.62. The number of fused-ring (bicyclic) bond motifs is 2. The van der Waals surface area contributed by atoms with Gasteiger partial charge in [0.05, 0.1) is 29.4 Å². The highest BCUT2D eigenvalue weighted by Gasteiger charge is 2.17. The van der Waals surface area contributed by atoms with Crippen molar-refractivity contribution in [2.45, 2.75) is 0 Å². The zero-order valence-electron chi connectivity index (χ0n) is 20.4. The van der Waals surface area contributed by atoms with Crippen LogP contribution >= 0.6 is 0 Å². The van der Waals surface area contributed by atoms with Crippen LogP contribution < -0.4 is 10.1 Å². The van der Waals surface area contributed by atoms with Gasteiger partial charge in [-0.05, 0) is 42.0 Å². The molecule has 1 N–H and O–H groups in total. The summed E-state index contributed by atoms with van der Waals surface area (Å²) in [5, 5.41) is 15.3. The second kappa shape index (κ2) is 9.14. The molecule has 0 spiro atoms. The van der Waals surface area contributed by atoms with E-state index in [1.807, 2.05) is 109 Å². The average Bonchev–Trinajstić information content (AvgIpc) is 3.24. The van der Waals surface area contributed by atoms with Gasteiger partial charge in [-0.25, -0.2) is 9.97 Å². The van der Waals surface area contributed by atoms with Crippen LogP contribution in [0.4, 0.5) is 11.5 Å². The van der Waals surface area contributed by atoms with Crippen molar-refractivity contribution in [3.8, 4) is 34.5 Å². The molecule has 6 rings (SSSR count). The van der Waals surface area contributed by atoms with Crippen LogP contribution in [0, 0.1) is 11.3 Å². The van der Waals surface area contributed by atoms with E-state index >= 15 is 0 Å². The minimum absolute atomic E-state index is 0.648. The fraction of sp³-hybridized carbons (Fsp3) is 0.0645. The Labute approximate surface area is 214 Å². The molecule has 37 heavy (non-hydrogen) atoms. The van der Waals surface area contributed by atoms with Crippen molar-refractivity contribution in [3.05, 3.63) is 103 Å². The van der Waals surface area contributed by atoms with Crippen molar-refractivity contribution >= 4 is 33.3 Å². The summed E-state index contributed by atoms with van der Waals surface area (Å²) >= 11 is 0. The Morgan fingerprint density at radius 2 is 1.57 bits per heavy atom. The third kappa shape index (κ3) is 3.93. The van der Waals surface area contributed by atoms with Crippen LogP contribution in [0.15, 0.2) is 97.1 Å². The van der Waals surface area contributed by atoms with Gasteiger partial charge in [0.2, 0.25) is 0 Å².